The van der Waals surface area contributed by atoms with Gasteiger partial charge in [-0.05, 0) is 29.8 Å². The van der Waals surface area contributed by atoms with Crippen molar-refractivity contribution in [2.24, 2.45) is 5.16 Å². The molecular weight excluding hydrogens is 308 g/mol. The van der Waals surface area contributed by atoms with Gasteiger partial charge < -0.3 is 9.94 Å². The summed E-state index contributed by atoms with van der Waals surface area (Å²) >= 11 is 1.65. The number of thiazole rings is 1. The van der Waals surface area contributed by atoms with Crippen molar-refractivity contribution in [1.82, 2.24) is 4.98 Å². The molecule has 0 unspecified atom stereocenters. The first kappa shape index (κ1) is 15.2. The highest BCUT2D eigenvalue weighted by Gasteiger charge is 2.04. The maximum Gasteiger partial charge on any atom is 0.123 e. The van der Waals surface area contributed by atoms with Gasteiger partial charge in [0.15, 0.2) is 0 Å². The number of hydrogen-bond acceptors (Lipinski definition) is 5. The lowest BCUT2D eigenvalue weighted by atomic mass is 10.2. The Morgan fingerprint density at radius 3 is 2.61 bits per heavy atom. The van der Waals surface area contributed by atoms with Gasteiger partial charge in [-0.3, -0.25) is 0 Å². The summed E-state index contributed by atoms with van der Waals surface area (Å²) in [6.07, 6.45) is 2.15. The number of ether oxygens (including phenoxy) is 1. The topological polar surface area (TPSA) is 54.7 Å². The smallest absolute Gasteiger partial charge is 0.123 e. The number of hydrogen-bond donors (Lipinski definition) is 1. The van der Waals surface area contributed by atoms with Gasteiger partial charge >= 0.3 is 0 Å². The molecule has 116 valence electrons. The Labute approximate surface area is 138 Å². The first-order chi connectivity index (χ1) is 11.3. The van der Waals surface area contributed by atoms with Gasteiger partial charge in [0.2, 0.25) is 0 Å². The third kappa shape index (κ3) is 4.17. The average Bonchev–Trinajstić information content (AvgIpc) is 3.06. The number of aromatic nitrogens is 1. The van der Waals surface area contributed by atoms with Crippen LogP contribution in [0.5, 0.6) is 5.75 Å². The Bertz CT molecular complexity index is 767. The highest BCUT2D eigenvalue weighted by atomic mass is 32.1. The van der Waals surface area contributed by atoms with E-state index in [2.05, 4.69) is 27.7 Å². The molecule has 0 saturated heterocycles. The Balaban J connectivity index is 1.54. The van der Waals surface area contributed by atoms with Crippen LogP contribution < -0.4 is 4.74 Å². The van der Waals surface area contributed by atoms with E-state index in [1.165, 1.54) is 6.21 Å². The molecule has 0 bridgehead atoms. The van der Waals surface area contributed by atoms with Gasteiger partial charge in [0, 0.05) is 17.4 Å². The fourth-order valence-electron chi connectivity index (χ4n) is 2.13. The van der Waals surface area contributed by atoms with Crippen molar-refractivity contribution in [3.8, 4) is 16.3 Å². The largest absolute Gasteiger partial charge is 0.493 e. The summed E-state index contributed by atoms with van der Waals surface area (Å²) < 4.78 is 5.72. The molecule has 3 rings (SSSR count). The summed E-state index contributed by atoms with van der Waals surface area (Å²) in [5.74, 6) is 0.790. The van der Waals surface area contributed by atoms with Crippen LogP contribution in [0.1, 0.15) is 11.3 Å². The maximum absolute atomic E-state index is 8.47. The van der Waals surface area contributed by atoms with Crippen molar-refractivity contribution < 1.29 is 9.94 Å². The Hall–Kier alpha value is -2.66. The van der Waals surface area contributed by atoms with Gasteiger partial charge in [0.1, 0.15) is 10.8 Å². The molecule has 0 saturated carbocycles. The van der Waals surface area contributed by atoms with Crippen molar-refractivity contribution in [2.75, 3.05) is 6.61 Å². The van der Waals surface area contributed by atoms with Crippen LogP contribution in [-0.2, 0) is 6.42 Å². The molecule has 3 aromatic rings. The third-order valence-corrected chi connectivity index (χ3v) is 4.23. The van der Waals surface area contributed by atoms with E-state index in [0.717, 1.165) is 34.0 Å². The van der Waals surface area contributed by atoms with Gasteiger partial charge in [0.05, 0.1) is 18.5 Å². The molecule has 1 N–H and O–H groups in total. The van der Waals surface area contributed by atoms with Crippen molar-refractivity contribution in [2.45, 2.75) is 6.42 Å². The minimum atomic E-state index is 0.575. The van der Waals surface area contributed by atoms with Gasteiger partial charge in [0.25, 0.3) is 0 Å². The van der Waals surface area contributed by atoms with Gasteiger partial charge in [-0.25, -0.2) is 4.98 Å². The van der Waals surface area contributed by atoms with Crippen LogP contribution in [0.2, 0.25) is 0 Å². The quantitative estimate of drug-likeness (QED) is 0.419. The zero-order valence-electron chi connectivity index (χ0n) is 12.4. The maximum atomic E-state index is 8.47. The Morgan fingerprint density at radius 2 is 1.87 bits per heavy atom. The lowest BCUT2D eigenvalue weighted by Crippen LogP contribution is -2.01. The minimum Gasteiger partial charge on any atom is -0.493 e. The van der Waals surface area contributed by atoms with E-state index in [-0.39, 0.29) is 0 Å². The fraction of sp³-hybridized carbons (Fsp3) is 0.111. The molecule has 0 fully saturated rings. The molecule has 0 aliphatic heterocycles. The fourth-order valence-corrected chi connectivity index (χ4v) is 2.99. The SMILES string of the molecule is ON=Cc1ccc(OCCc2csc(-c3ccccc3)n2)cc1. The standard InChI is InChI=1S/C18H16N2O2S/c21-19-12-14-6-8-17(9-7-14)22-11-10-16-13-23-18(20-16)15-4-2-1-3-5-15/h1-9,12-13,21H,10-11H2. The number of nitrogens with zero attached hydrogens (tertiary/aromatic N) is 2. The summed E-state index contributed by atoms with van der Waals surface area (Å²) in [5, 5.41) is 14.6. The molecule has 1 heterocycles. The predicted molar refractivity (Wildman–Crippen MR) is 92.6 cm³/mol. The first-order valence-corrected chi connectivity index (χ1v) is 8.13. The van der Waals surface area contributed by atoms with E-state index in [1.807, 2.05) is 42.5 Å². The Kier molecular flexibility index (Phi) is 5.01. The van der Waals surface area contributed by atoms with Crippen LogP contribution in [-0.4, -0.2) is 23.0 Å². The molecule has 0 atom stereocenters. The highest BCUT2D eigenvalue weighted by molar-refractivity contribution is 7.13. The van der Waals surface area contributed by atoms with Crippen molar-refractivity contribution in [1.29, 1.82) is 0 Å². The summed E-state index contributed by atoms with van der Waals surface area (Å²) in [6, 6.07) is 17.6. The lowest BCUT2D eigenvalue weighted by molar-refractivity contribution is 0.320. The van der Waals surface area contributed by atoms with Crippen LogP contribution in [0.3, 0.4) is 0 Å². The monoisotopic (exact) mass is 324 g/mol. The van der Waals surface area contributed by atoms with Crippen LogP contribution in [0.15, 0.2) is 65.1 Å². The van der Waals surface area contributed by atoms with Crippen molar-refractivity contribution in [3.63, 3.8) is 0 Å². The summed E-state index contributed by atoms with van der Waals surface area (Å²) in [6.45, 7) is 0.575. The molecule has 2 aromatic carbocycles. The van der Waals surface area contributed by atoms with Crippen LogP contribution >= 0.6 is 11.3 Å². The molecule has 0 aliphatic rings. The molecule has 0 aliphatic carbocycles. The summed E-state index contributed by atoms with van der Waals surface area (Å²) in [5.41, 5.74) is 3.01. The van der Waals surface area contributed by atoms with E-state index in [0.29, 0.717) is 6.61 Å². The molecule has 5 heteroatoms. The number of benzene rings is 2. The molecule has 23 heavy (non-hydrogen) atoms. The molecular formula is C18H16N2O2S. The second-order valence-electron chi connectivity index (χ2n) is 4.92. The molecule has 0 radical (unpaired) electrons. The lowest BCUT2D eigenvalue weighted by Gasteiger charge is -2.05. The van der Waals surface area contributed by atoms with E-state index < -0.39 is 0 Å². The molecule has 0 amide bonds. The predicted octanol–water partition coefficient (Wildman–Crippen LogP) is 4.24. The van der Waals surface area contributed by atoms with Gasteiger partial charge in [-0.15, -0.1) is 11.3 Å². The van der Waals surface area contributed by atoms with E-state index in [1.54, 1.807) is 11.3 Å². The summed E-state index contributed by atoms with van der Waals surface area (Å²) in [7, 11) is 0. The second kappa shape index (κ2) is 7.56. The van der Waals surface area contributed by atoms with Gasteiger partial charge in [-0.1, -0.05) is 35.5 Å². The minimum absolute atomic E-state index is 0.575. The van der Waals surface area contributed by atoms with Crippen LogP contribution in [0, 0.1) is 0 Å². The van der Waals surface area contributed by atoms with Crippen LogP contribution in [0.25, 0.3) is 10.6 Å². The second-order valence-corrected chi connectivity index (χ2v) is 5.78. The third-order valence-electron chi connectivity index (χ3n) is 3.29. The molecule has 4 nitrogen and oxygen atoms in total. The average molecular weight is 324 g/mol. The zero-order valence-corrected chi connectivity index (χ0v) is 13.2. The highest BCUT2D eigenvalue weighted by Crippen LogP contribution is 2.23. The number of rotatable bonds is 6. The van der Waals surface area contributed by atoms with Crippen molar-refractivity contribution in [3.05, 3.63) is 71.2 Å². The molecule has 1 aromatic heterocycles. The zero-order chi connectivity index (χ0) is 15.9. The summed E-state index contributed by atoms with van der Waals surface area (Å²) in [4.78, 5) is 4.64. The van der Waals surface area contributed by atoms with E-state index in [4.69, 9.17) is 9.94 Å². The van der Waals surface area contributed by atoms with Gasteiger partial charge in [-0.2, -0.15) is 0 Å². The van der Waals surface area contributed by atoms with E-state index in [9.17, 15) is 0 Å². The first-order valence-electron chi connectivity index (χ1n) is 7.25. The number of oxime groups is 1. The molecule has 0 spiro atoms. The van der Waals surface area contributed by atoms with Crippen LogP contribution in [0.4, 0.5) is 0 Å². The van der Waals surface area contributed by atoms with E-state index >= 15 is 0 Å². The van der Waals surface area contributed by atoms with Crippen molar-refractivity contribution >= 4 is 17.6 Å². The Morgan fingerprint density at radius 1 is 1.09 bits per heavy atom. The normalized spacial score (nSPS) is 11.0.